The van der Waals surface area contributed by atoms with Crippen LogP contribution in [-0.2, 0) is 6.61 Å². The van der Waals surface area contributed by atoms with Gasteiger partial charge in [0.1, 0.15) is 36.2 Å². The van der Waals surface area contributed by atoms with E-state index >= 15 is 0 Å². The molecule has 1 aromatic carbocycles. The molecule has 0 radical (unpaired) electrons. The van der Waals surface area contributed by atoms with Crippen LogP contribution < -0.4 is 9.47 Å². The third kappa shape index (κ3) is 3.49. The summed E-state index contributed by atoms with van der Waals surface area (Å²) in [5.41, 5.74) is 0.758. The summed E-state index contributed by atoms with van der Waals surface area (Å²) < 4.78 is 15.7. The van der Waals surface area contributed by atoms with Gasteiger partial charge in [0.25, 0.3) is 0 Å². The topological polar surface area (TPSA) is 64.7 Å². The summed E-state index contributed by atoms with van der Waals surface area (Å²) in [4.78, 5) is 0. The van der Waals surface area contributed by atoms with Gasteiger partial charge >= 0.3 is 0 Å². The van der Waals surface area contributed by atoms with Gasteiger partial charge in [-0.25, -0.2) is 0 Å². The van der Waals surface area contributed by atoms with Crippen molar-refractivity contribution >= 4 is 0 Å². The lowest BCUT2D eigenvalue weighted by Crippen LogP contribution is -2.01. The highest BCUT2D eigenvalue weighted by Crippen LogP contribution is 2.18. The number of hydrogen-bond donors (Lipinski definition) is 1. The van der Waals surface area contributed by atoms with Crippen molar-refractivity contribution in [1.82, 2.24) is 5.16 Å². The van der Waals surface area contributed by atoms with Crippen LogP contribution in [0.1, 0.15) is 11.5 Å². The molecule has 0 aliphatic carbocycles. The van der Waals surface area contributed by atoms with Crippen LogP contribution in [0.15, 0.2) is 34.9 Å². The SMILES string of the molecule is Cc1cc(COc2ccc(OCCO)cc2)no1. The first kappa shape index (κ1) is 12.4. The molecular weight excluding hydrogens is 234 g/mol. The lowest BCUT2D eigenvalue weighted by atomic mass is 10.3. The predicted octanol–water partition coefficient (Wildman–Crippen LogP) is 1.93. The Bertz CT molecular complexity index is 478. The van der Waals surface area contributed by atoms with Crippen LogP contribution >= 0.6 is 0 Å². The summed E-state index contributed by atoms with van der Waals surface area (Å²) >= 11 is 0. The van der Waals surface area contributed by atoms with E-state index in [0.29, 0.717) is 19.0 Å². The minimum absolute atomic E-state index is 0.00373. The van der Waals surface area contributed by atoms with Crippen LogP contribution in [0.2, 0.25) is 0 Å². The molecule has 0 fully saturated rings. The van der Waals surface area contributed by atoms with Gasteiger partial charge in [0.05, 0.1) is 6.61 Å². The zero-order valence-electron chi connectivity index (χ0n) is 10.1. The summed E-state index contributed by atoms with van der Waals surface area (Å²) in [6.07, 6.45) is 0. The molecule has 0 saturated heterocycles. The summed E-state index contributed by atoms with van der Waals surface area (Å²) in [6.45, 7) is 2.50. The Morgan fingerprint density at radius 3 is 2.39 bits per heavy atom. The third-order valence-corrected chi connectivity index (χ3v) is 2.25. The van der Waals surface area contributed by atoms with Gasteiger partial charge in [0.2, 0.25) is 0 Å². The van der Waals surface area contributed by atoms with Gasteiger partial charge in [0.15, 0.2) is 0 Å². The molecule has 0 amide bonds. The maximum atomic E-state index is 8.63. The lowest BCUT2D eigenvalue weighted by molar-refractivity contribution is 0.201. The number of aryl methyl sites for hydroxylation is 1. The van der Waals surface area contributed by atoms with E-state index in [1.54, 1.807) is 24.3 Å². The minimum atomic E-state index is 0.00373. The highest BCUT2D eigenvalue weighted by Gasteiger charge is 2.01. The Morgan fingerprint density at radius 1 is 1.17 bits per heavy atom. The smallest absolute Gasteiger partial charge is 0.134 e. The Balaban J connectivity index is 1.86. The minimum Gasteiger partial charge on any atom is -0.491 e. The van der Waals surface area contributed by atoms with Gasteiger partial charge < -0.3 is 19.1 Å². The Morgan fingerprint density at radius 2 is 1.83 bits per heavy atom. The summed E-state index contributed by atoms with van der Waals surface area (Å²) in [7, 11) is 0. The largest absolute Gasteiger partial charge is 0.491 e. The number of aliphatic hydroxyl groups excluding tert-OH is 1. The molecule has 1 N–H and O–H groups in total. The number of hydrogen-bond acceptors (Lipinski definition) is 5. The van der Waals surface area contributed by atoms with Crippen molar-refractivity contribution < 1.29 is 19.1 Å². The van der Waals surface area contributed by atoms with Crippen molar-refractivity contribution in [3.63, 3.8) is 0 Å². The van der Waals surface area contributed by atoms with Crippen LogP contribution in [0.4, 0.5) is 0 Å². The number of nitrogens with zero attached hydrogens (tertiary/aromatic N) is 1. The molecule has 0 atom stereocenters. The zero-order valence-corrected chi connectivity index (χ0v) is 10.1. The van der Waals surface area contributed by atoms with Gasteiger partial charge in [-0.15, -0.1) is 0 Å². The second-order valence-electron chi connectivity index (χ2n) is 3.76. The molecule has 18 heavy (non-hydrogen) atoms. The quantitative estimate of drug-likeness (QED) is 0.847. The first-order valence-electron chi connectivity index (χ1n) is 5.66. The average molecular weight is 249 g/mol. The monoisotopic (exact) mass is 249 g/mol. The van der Waals surface area contributed by atoms with Gasteiger partial charge in [0, 0.05) is 6.07 Å². The normalized spacial score (nSPS) is 10.3. The number of ether oxygens (including phenoxy) is 2. The highest BCUT2D eigenvalue weighted by atomic mass is 16.5. The molecule has 1 aromatic heterocycles. The Hall–Kier alpha value is -2.01. The average Bonchev–Trinajstić information content (AvgIpc) is 2.81. The highest BCUT2D eigenvalue weighted by molar-refractivity contribution is 5.31. The Kier molecular flexibility index (Phi) is 4.20. The van der Waals surface area contributed by atoms with Gasteiger partial charge in [-0.2, -0.15) is 0 Å². The van der Waals surface area contributed by atoms with Crippen molar-refractivity contribution in [3.05, 3.63) is 41.8 Å². The Labute approximate surface area is 105 Å². The van der Waals surface area contributed by atoms with Gasteiger partial charge in [-0.05, 0) is 31.2 Å². The standard InChI is InChI=1S/C13H15NO4/c1-10-8-11(14-18-10)9-17-13-4-2-12(3-5-13)16-7-6-15/h2-5,8,15H,6-7,9H2,1H3. The maximum Gasteiger partial charge on any atom is 0.134 e. The molecule has 5 nitrogen and oxygen atoms in total. The molecule has 96 valence electrons. The molecule has 0 spiro atoms. The van der Waals surface area contributed by atoms with Crippen molar-refractivity contribution in [2.45, 2.75) is 13.5 Å². The number of aromatic nitrogens is 1. The van der Waals surface area contributed by atoms with E-state index in [2.05, 4.69) is 5.16 Å². The first-order valence-corrected chi connectivity index (χ1v) is 5.66. The van der Waals surface area contributed by atoms with E-state index in [1.807, 2.05) is 13.0 Å². The second-order valence-corrected chi connectivity index (χ2v) is 3.76. The van der Waals surface area contributed by atoms with E-state index in [4.69, 9.17) is 19.1 Å². The fourth-order valence-electron chi connectivity index (χ4n) is 1.44. The van der Waals surface area contributed by atoms with Crippen molar-refractivity contribution in [3.8, 4) is 11.5 Å². The van der Waals surface area contributed by atoms with E-state index in [0.717, 1.165) is 17.2 Å². The first-order chi connectivity index (χ1) is 8.78. The second kappa shape index (κ2) is 6.07. The zero-order chi connectivity index (χ0) is 12.8. The van der Waals surface area contributed by atoms with Crippen LogP contribution in [0, 0.1) is 6.92 Å². The molecule has 0 aliphatic heterocycles. The molecular formula is C13H15NO4. The van der Waals surface area contributed by atoms with E-state index in [9.17, 15) is 0 Å². The molecule has 0 unspecified atom stereocenters. The molecule has 0 bridgehead atoms. The molecule has 5 heteroatoms. The maximum absolute atomic E-state index is 8.63. The molecule has 0 saturated carbocycles. The molecule has 0 aliphatic rings. The van der Waals surface area contributed by atoms with Crippen LogP contribution in [-0.4, -0.2) is 23.5 Å². The van der Waals surface area contributed by atoms with Crippen LogP contribution in [0.5, 0.6) is 11.5 Å². The van der Waals surface area contributed by atoms with Crippen LogP contribution in [0.25, 0.3) is 0 Å². The van der Waals surface area contributed by atoms with Gasteiger partial charge in [-0.3, -0.25) is 0 Å². The van der Waals surface area contributed by atoms with Crippen molar-refractivity contribution in [2.75, 3.05) is 13.2 Å². The number of aliphatic hydroxyl groups is 1. The van der Waals surface area contributed by atoms with E-state index < -0.39 is 0 Å². The van der Waals surface area contributed by atoms with Crippen molar-refractivity contribution in [1.29, 1.82) is 0 Å². The molecule has 2 aromatic rings. The summed E-state index contributed by atoms with van der Waals surface area (Å²) in [5, 5.41) is 12.5. The molecule has 2 rings (SSSR count). The van der Waals surface area contributed by atoms with Crippen LogP contribution in [0.3, 0.4) is 0 Å². The summed E-state index contributed by atoms with van der Waals surface area (Å²) in [5.74, 6) is 2.20. The fourth-order valence-corrected chi connectivity index (χ4v) is 1.44. The van der Waals surface area contributed by atoms with E-state index in [1.165, 1.54) is 0 Å². The fraction of sp³-hybridized carbons (Fsp3) is 0.308. The lowest BCUT2D eigenvalue weighted by Gasteiger charge is -2.06. The third-order valence-electron chi connectivity index (χ3n) is 2.25. The predicted molar refractivity (Wildman–Crippen MR) is 64.6 cm³/mol. The van der Waals surface area contributed by atoms with Gasteiger partial charge in [-0.1, -0.05) is 5.16 Å². The number of rotatable bonds is 6. The summed E-state index contributed by atoms with van der Waals surface area (Å²) in [6, 6.07) is 9.02. The van der Waals surface area contributed by atoms with E-state index in [-0.39, 0.29) is 6.61 Å². The molecule has 1 heterocycles. The number of benzene rings is 1. The van der Waals surface area contributed by atoms with Crippen molar-refractivity contribution in [2.24, 2.45) is 0 Å².